The van der Waals surface area contributed by atoms with Gasteiger partial charge in [0, 0.05) is 64.8 Å². The van der Waals surface area contributed by atoms with Crippen LogP contribution in [0.5, 0.6) is 0 Å². The van der Waals surface area contributed by atoms with Crippen LogP contribution in [0.25, 0.3) is 0 Å². The summed E-state index contributed by atoms with van der Waals surface area (Å²) in [5, 5.41) is 3.52. The number of anilines is 1. The molecule has 0 aromatic carbocycles. The molecule has 1 aromatic rings. The quantitative estimate of drug-likeness (QED) is 0.603. The van der Waals surface area contributed by atoms with Crippen LogP contribution in [-0.4, -0.2) is 97.3 Å². The minimum absolute atomic E-state index is 0.250. The van der Waals surface area contributed by atoms with Gasteiger partial charge >= 0.3 is 0 Å². The smallest absolute Gasteiger partial charge is 0.225 e. The van der Waals surface area contributed by atoms with Crippen LogP contribution in [0.3, 0.4) is 0 Å². The van der Waals surface area contributed by atoms with Crippen molar-refractivity contribution in [2.24, 2.45) is 4.99 Å². The number of hydrogen-bond donors (Lipinski definition) is 1. The summed E-state index contributed by atoms with van der Waals surface area (Å²) in [6.07, 6.45) is 6.44. The number of nitrogens with one attached hydrogen (secondary N) is 1. The van der Waals surface area contributed by atoms with Gasteiger partial charge in [-0.2, -0.15) is 0 Å². The van der Waals surface area contributed by atoms with Crippen molar-refractivity contribution in [3.63, 3.8) is 0 Å². The second-order valence-electron chi connectivity index (χ2n) is 7.20. The number of morpholine rings is 1. The molecule has 3 saturated heterocycles. The lowest BCUT2D eigenvalue weighted by Gasteiger charge is -2.38. The summed E-state index contributed by atoms with van der Waals surface area (Å²) < 4.78 is 6.05. The van der Waals surface area contributed by atoms with Gasteiger partial charge in [-0.15, -0.1) is 0 Å². The number of piperazine rings is 1. The minimum Gasteiger partial charge on any atom is -0.373 e. The normalized spacial score (nSPS) is 27.5. The Balaban J connectivity index is 1.25. The van der Waals surface area contributed by atoms with E-state index in [0.717, 1.165) is 57.8 Å². The average molecular weight is 359 g/mol. The van der Waals surface area contributed by atoms with Crippen molar-refractivity contribution < 1.29 is 4.74 Å². The van der Waals surface area contributed by atoms with E-state index >= 15 is 0 Å². The van der Waals surface area contributed by atoms with E-state index in [4.69, 9.17) is 4.74 Å². The molecule has 8 nitrogen and oxygen atoms in total. The number of ether oxygens (including phenoxy) is 1. The number of hydrogen-bond acceptors (Lipinski definition) is 6. The summed E-state index contributed by atoms with van der Waals surface area (Å²) in [7, 11) is 1.85. The molecule has 0 radical (unpaired) electrons. The lowest BCUT2D eigenvalue weighted by molar-refractivity contribution is -0.0454. The molecule has 4 heterocycles. The number of aromatic nitrogens is 2. The van der Waals surface area contributed by atoms with E-state index in [0.29, 0.717) is 6.04 Å². The van der Waals surface area contributed by atoms with E-state index in [1.165, 1.54) is 19.4 Å². The number of nitrogens with zero attached hydrogens (tertiary/aromatic N) is 6. The Morgan fingerprint density at radius 3 is 2.81 bits per heavy atom. The Bertz CT molecular complexity index is 603. The van der Waals surface area contributed by atoms with Crippen LogP contribution in [-0.2, 0) is 4.74 Å². The largest absolute Gasteiger partial charge is 0.373 e. The molecule has 8 heteroatoms. The molecule has 3 aliphatic rings. The molecule has 0 spiro atoms. The molecule has 3 aliphatic heterocycles. The molecule has 0 amide bonds. The monoisotopic (exact) mass is 359 g/mol. The molecule has 2 unspecified atom stereocenters. The average Bonchev–Trinajstić information content (AvgIpc) is 3.17. The van der Waals surface area contributed by atoms with Crippen LogP contribution in [0.15, 0.2) is 23.5 Å². The zero-order valence-corrected chi connectivity index (χ0v) is 15.5. The standard InChI is InChI=1S/C18H29N7O/c1-19-17(22-12-16-13-25-7-2-4-15(25)14-26-16)23-8-10-24(11-9-23)18-20-5-3-6-21-18/h3,5-6,15-16H,2,4,7-14H2,1H3,(H,19,22). The lowest BCUT2D eigenvalue weighted by atomic mass is 10.2. The van der Waals surface area contributed by atoms with E-state index in [-0.39, 0.29) is 6.10 Å². The Kier molecular flexibility index (Phi) is 5.50. The van der Waals surface area contributed by atoms with Gasteiger partial charge in [0.25, 0.3) is 0 Å². The molecule has 0 saturated carbocycles. The highest BCUT2D eigenvalue weighted by molar-refractivity contribution is 5.80. The first-order valence-corrected chi connectivity index (χ1v) is 9.66. The minimum atomic E-state index is 0.250. The van der Waals surface area contributed by atoms with Crippen LogP contribution >= 0.6 is 0 Å². The lowest BCUT2D eigenvalue weighted by Crippen LogP contribution is -2.55. The fourth-order valence-electron chi connectivity index (χ4n) is 4.12. The summed E-state index contributed by atoms with van der Waals surface area (Å²) in [4.78, 5) is 20.3. The van der Waals surface area contributed by atoms with Gasteiger partial charge in [0.05, 0.1) is 12.7 Å². The molecule has 1 N–H and O–H groups in total. The van der Waals surface area contributed by atoms with E-state index in [1.54, 1.807) is 12.4 Å². The van der Waals surface area contributed by atoms with Crippen molar-refractivity contribution in [3.05, 3.63) is 18.5 Å². The van der Waals surface area contributed by atoms with Crippen molar-refractivity contribution in [1.82, 2.24) is 25.1 Å². The Hall–Kier alpha value is -1.93. The van der Waals surface area contributed by atoms with Crippen molar-refractivity contribution in [2.75, 3.05) is 64.4 Å². The molecule has 4 rings (SSSR count). The first-order chi connectivity index (χ1) is 12.8. The summed E-state index contributed by atoms with van der Waals surface area (Å²) >= 11 is 0. The van der Waals surface area contributed by atoms with Crippen molar-refractivity contribution in [3.8, 4) is 0 Å². The van der Waals surface area contributed by atoms with Gasteiger partial charge in [0.1, 0.15) is 0 Å². The number of fused-ring (bicyclic) bond motifs is 1. The highest BCUT2D eigenvalue weighted by Crippen LogP contribution is 2.22. The molecular weight excluding hydrogens is 330 g/mol. The van der Waals surface area contributed by atoms with E-state index in [9.17, 15) is 0 Å². The SMILES string of the molecule is CN=C(NCC1CN2CCCC2CO1)N1CCN(c2ncccn2)CC1. The molecular formula is C18H29N7O. The molecule has 0 aliphatic carbocycles. The van der Waals surface area contributed by atoms with Gasteiger partial charge in [-0.1, -0.05) is 0 Å². The zero-order valence-electron chi connectivity index (χ0n) is 15.5. The second-order valence-corrected chi connectivity index (χ2v) is 7.20. The number of guanidine groups is 1. The van der Waals surface area contributed by atoms with Gasteiger partial charge in [0.15, 0.2) is 5.96 Å². The number of aliphatic imine (C=N–C) groups is 1. The van der Waals surface area contributed by atoms with Gasteiger partial charge in [0.2, 0.25) is 5.95 Å². The molecule has 142 valence electrons. The summed E-state index contributed by atoms with van der Waals surface area (Å²) in [6, 6.07) is 2.50. The van der Waals surface area contributed by atoms with Crippen LogP contribution in [0.2, 0.25) is 0 Å². The third-order valence-electron chi connectivity index (χ3n) is 5.58. The molecule has 0 bridgehead atoms. The van der Waals surface area contributed by atoms with Gasteiger partial charge < -0.3 is 19.9 Å². The maximum Gasteiger partial charge on any atom is 0.225 e. The maximum absolute atomic E-state index is 6.05. The second kappa shape index (κ2) is 8.18. The maximum atomic E-state index is 6.05. The predicted octanol–water partition coefficient (Wildman–Crippen LogP) is 0.0372. The van der Waals surface area contributed by atoms with Crippen LogP contribution in [0.4, 0.5) is 5.95 Å². The van der Waals surface area contributed by atoms with E-state index in [2.05, 4.69) is 35.0 Å². The summed E-state index contributed by atoms with van der Waals surface area (Å²) in [5.74, 6) is 1.77. The Morgan fingerprint density at radius 2 is 2.04 bits per heavy atom. The fraction of sp³-hybridized carbons (Fsp3) is 0.722. The van der Waals surface area contributed by atoms with Crippen LogP contribution < -0.4 is 10.2 Å². The predicted molar refractivity (Wildman–Crippen MR) is 102 cm³/mol. The van der Waals surface area contributed by atoms with Crippen molar-refractivity contribution >= 4 is 11.9 Å². The zero-order chi connectivity index (χ0) is 17.8. The Labute approximate surface area is 155 Å². The van der Waals surface area contributed by atoms with Crippen molar-refractivity contribution in [2.45, 2.75) is 25.0 Å². The third kappa shape index (κ3) is 3.91. The van der Waals surface area contributed by atoms with E-state index in [1.807, 2.05) is 13.1 Å². The topological polar surface area (TPSA) is 69.1 Å². The van der Waals surface area contributed by atoms with E-state index < -0.39 is 0 Å². The number of rotatable bonds is 3. The fourth-order valence-corrected chi connectivity index (χ4v) is 4.12. The summed E-state index contributed by atoms with van der Waals surface area (Å²) in [5.41, 5.74) is 0. The molecule has 1 aromatic heterocycles. The summed E-state index contributed by atoms with van der Waals surface area (Å²) in [6.45, 7) is 7.59. The van der Waals surface area contributed by atoms with Gasteiger partial charge in [-0.25, -0.2) is 9.97 Å². The van der Waals surface area contributed by atoms with Gasteiger partial charge in [-0.3, -0.25) is 9.89 Å². The molecule has 26 heavy (non-hydrogen) atoms. The van der Waals surface area contributed by atoms with Crippen LogP contribution in [0.1, 0.15) is 12.8 Å². The van der Waals surface area contributed by atoms with Gasteiger partial charge in [-0.05, 0) is 25.5 Å². The molecule has 3 fully saturated rings. The highest BCUT2D eigenvalue weighted by atomic mass is 16.5. The van der Waals surface area contributed by atoms with Crippen LogP contribution in [0, 0.1) is 0 Å². The van der Waals surface area contributed by atoms with Crippen molar-refractivity contribution in [1.29, 1.82) is 0 Å². The first kappa shape index (κ1) is 17.5. The highest BCUT2D eigenvalue weighted by Gasteiger charge is 2.32. The Morgan fingerprint density at radius 1 is 1.23 bits per heavy atom. The third-order valence-corrected chi connectivity index (χ3v) is 5.58. The molecule has 2 atom stereocenters. The first-order valence-electron chi connectivity index (χ1n) is 9.66.